The van der Waals surface area contributed by atoms with Crippen molar-refractivity contribution in [1.82, 2.24) is 5.32 Å². The van der Waals surface area contributed by atoms with E-state index in [4.69, 9.17) is 4.74 Å². The molecule has 2 rings (SSSR count). The summed E-state index contributed by atoms with van der Waals surface area (Å²) in [5, 5.41) is 13.8. The summed E-state index contributed by atoms with van der Waals surface area (Å²) in [5.74, 6) is -2.47. The van der Waals surface area contributed by atoms with Gasteiger partial charge in [0.25, 0.3) is 0 Å². The fourth-order valence-corrected chi connectivity index (χ4v) is 1.91. The number of nitro groups is 1. The van der Waals surface area contributed by atoms with Gasteiger partial charge in [0.15, 0.2) is 0 Å². The predicted molar refractivity (Wildman–Crippen MR) is 59.5 cm³/mol. The largest absolute Gasteiger partial charge is 0.482 e. The van der Waals surface area contributed by atoms with E-state index in [0.717, 1.165) is 19.0 Å². The fraction of sp³-hybridized carbons (Fsp3) is 0.455. The highest BCUT2D eigenvalue weighted by Gasteiger charge is 2.26. The van der Waals surface area contributed by atoms with Gasteiger partial charge in [-0.05, 0) is 19.4 Å². The minimum absolute atomic E-state index is 0.307. The Bertz CT molecular complexity index is 462. The van der Waals surface area contributed by atoms with Crippen LogP contribution in [-0.2, 0) is 0 Å². The summed E-state index contributed by atoms with van der Waals surface area (Å²) in [4.78, 5) is 9.84. The number of rotatable bonds is 3. The second-order valence-corrected chi connectivity index (χ2v) is 4.08. The lowest BCUT2D eigenvalue weighted by molar-refractivity contribution is -0.388. The van der Waals surface area contributed by atoms with Gasteiger partial charge in [-0.2, -0.15) is 4.39 Å². The van der Waals surface area contributed by atoms with Crippen molar-refractivity contribution in [2.24, 2.45) is 0 Å². The first-order valence-corrected chi connectivity index (χ1v) is 5.58. The van der Waals surface area contributed by atoms with Crippen molar-refractivity contribution in [2.45, 2.75) is 18.9 Å². The van der Waals surface area contributed by atoms with Crippen LogP contribution in [0.1, 0.15) is 12.8 Å². The average molecular weight is 258 g/mol. The van der Waals surface area contributed by atoms with E-state index in [-0.39, 0.29) is 11.9 Å². The highest BCUT2D eigenvalue weighted by Crippen LogP contribution is 2.32. The first kappa shape index (κ1) is 12.7. The molecule has 0 saturated carbocycles. The summed E-state index contributed by atoms with van der Waals surface area (Å²) in [5.41, 5.74) is -0.818. The van der Waals surface area contributed by atoms with Crippen molar-refractivity contribution in [2.75, 3.05) is 13.1 Å². The van der Waals surface area contributed by atoms with E-state index < -0.39 is 22.2 Å². The number of hydrogen-bond acceptors (Lipinski definition) is 4. The van der Waals surface area contributed by atoms with Crippen LogP contribution < -0.4 is 10.1 Å². The van der Waals surface area contributed by atoms with Gasteiger partial charge < -0.3 is 10.1 Å². The van der Waals surface area contributed by atoms with Gasteiger partial charge in [-0.1, -0.05) is 0 Å². The normalized spacial score (nSPS) is 19.6. The van der Waals surface area contributed by atoms with E-state index in [2.05, 4.69) is 5.32 Å². The number of piperidine rings is 1. The average Bonchev–Trinajstić information content (AvgIpc) is 2.28. The summed E-state index contributed by atoms with van der Waals surface area (Å²) < 4.78 is 31.7. The molecule has 1 N–H and O–H groups in total. The zero-order valence-corrected chi connectivity index (χ0v) is 9.49. The number of nitrogens with one attached hydrogen (secondary N) is 1. The van der Waals surface area contributed by atoms with Gasteiger partial charge in [-0.25, -0.2) is 4.39 Å². The van der Waals surface area contributed by atoms with Crippen molar-refractivity contribution >= 4 is 5.69 Å². The minimum Gasteiger partial charge on any atom is -0.482 e. The number of hydrogen-bond donors (Lipinski definition) is 1. The fourth-order valence-electron chi connectivity index (χ4n) is 1.91. The molecule has 5 nitrogen and oxygen atoms in total. The topological polar surface area (TPSA) is 64.4 Å². The molecule has 18 heavy (non-hydrogen) atoms. The number of nitrogens with zero attached hydrogens (tertiary/aromatic N) is 1. The molecule has 0 bridgehead atoms. The Morgan fingerprint density at radius 2 is 2.22 bits per heavy atom. The Kier molecular flexibility index (Phi) is 3.71. The molecule has 7 heteroatoms. The van der Waals surface area contributed by atoms with Crippen molar-refractivity contribution in [3.8, 4) is 5.75 Å². The molecule has 1 aromatic carbocycles. The van der Waals surface area contributed by atoms with E-state index in [1.807, 2.05) is 0 Å². The lowest BCUT2D eigenvalue weighted by atomic mass is 10.1. The predicted octanol–water partition coefficient (Wildman–Crippen LogP) is 2.00. The van der Waals surface area contributed by atoms with Gasteiger partial charge >= 0.3 is 5.69 Å². The van der Waals surface area contributed by atoms with Crippen LogP contribution in [0.25, 0.3) is 0 Å². The molecule has 1 unspecified atom stereocenters. The van der Waals surface area contributed by atoms with Crippen molar-refractivity contribution < 1.29 is 18.4 Å². The van der Waals surface area contributed by atoms with Crippen LogP contribution in [0.15, 0.2) is 12.1 Å². The Balaban J connectivity index is 2.27. The summed E-state index contributed by atoms with van der Waals surface area (Å²) in [6, 6.07) is 1.32. The van der Waals surface area contributed by atoms with Gasteiger partial charge in [0.2, 0.25) is 11.6 Å². The molecule has 1 aliphatic heterocycles. The van der Waals surface area contributed by atoms with Gasteiger partial charge in [0.05, 0.1) is 4.92 Å². The molecule has 0 amide bonds. The molecule has 1 heterocycles. The standard InChI is InChI=1S/C11H12F2N2O3/c12-7-4-9(13)11(15(16)17)10(5-7)18-8-2-1-3-14-6-8/h4-5,8,14H,1-3,6H2. The van der Waals surface area contributed by atoms with E-state index in [0.29, 0.717) is 19.0 Å². The van der Waals surface area contributed by atoms with E-state index in [1.54, 1.807) is 0 Å². The number of nitro benzene ring substituents is 1. The third-order valence-corrected chi connectivity index (χ3v) is 2.72. The first-order chi connectivity index (χ1) is 8.58. The Morgan fingerprint density at radius 1 is 1.44 bits per heavy atom. The molecule has 1 atom stereocenters. The zero-order chi connectivity index (χ0) is 13.1. The monoisotopic (exact) mass is 258 g/mol. The third kappa shape index (κ3) is 2.73. The maximum Gasteiger partial charge on any atom is 0.346 e. The lowest BCUT2D eigenvalue weighted by Crippen LogP contribution is -2.37. The molecular formula is C11H12F2N2O3. The quantitative estimate of drug-likeness (QED) is 0.665. The van der Waals surface area contributed by atoms with Gasteiger partial charge in [-0.3, -0.25) is 10.1 Å². The summed E-state index contributed by atoms with van der Waals surface area (Å²) in [7, 11) is 0. The molecule has 98 valence electrons. The van der Waals surface area contributed by atoms with E-state index >= 15 is 0 Å². The molecule has 0 aromatic heterocycles. The highest BCUT2D eigenvalue weighted by atomic mass is 19.1. The van der Waals surface area contributed by atoms with Crippen LogP contribution in [0.3, 0.4) is 0 Å². The summed E-state index contributed by atoms with van der Waals surface area (Å²) in [6.45, 7) is 1.36. The zero-order valence-electron chi connectivity index (χ0n) is 9.49. The summed E-state index contributed by atoms with van der Waals surface area (Å²) in [6.07, 6.45) is 1.25. The van der Waals surface area contributed by atoms with Crippen molar-refractivity contribution in [3.63, 3.8) is 0 Å². The Hall–Kier alpha value is -1.76. The molecule has 1 saturated heterocycles. The van der Waals surface area contributed by atoms with E-state index in [9.17, 15) is 18.9 Å². The minimum atomic E-state index is -1.22. The Labute approximate surface area is 102 Å². The van der Waals surface area contributed by atoms with Crippen LogP contribution in [0, 0.1) is 21.7 Å². The van der Waals surface area contributed by atoms with Crippen LogP contribution in [0.5, 0.6) is 5.75 Å². The van der Waals surface area contributed by atoms with Gasteiger partial charge in [-0.15, -0.1) is 0 Å². The van der Waals surface area contributed by atoms with Crippen molar-refractivity contribution in [1.29, 1.82) is 0 Å². The maximum absolute atomic E-state index is 13.3. The first-order valence-electron chi connectivity index (χ1n) is 5.58. The SMILES string of the molecule is O=[N+]([O-])c1c(F)cc(F)cc1OC1CCCNC1. The number of ether oxygens (including phenoxy) is 1. The molecule has 0 spiro atoms. The highest BCUT2D eigenvalue weighted by molar-refractivity contribution is 5.47. The van der Waals surface area contributed by atoms with Crippen molar-refractivity contribution in [3.05, 3.63) is 33.9 Å². The number of halogens is 2. The van der Waals surface area contributed by atoms with Crippen LogP contribution in [0.4, 0.5) is 14.5 Å². The summed E-state index contributed by atoms with van der Waals surface area (Å²) >= 11 is 0. The molecule has 0 aliphatic carbocycles. The number of benzene rings is 1. The second-order valence-electron chi connectivity index (χ2n) is 4.08. The smallest absolute Gasteiger partial charge is 0.346 e. The van der Waals surface area contributed by atoms with E-state index in [1.165, 1.54) is 0 Å². The van der Waals surface area contributed by atoms with Gasteiger partial charge in [0, 0.05) is 18.7 Å². The molecule has 1 aromatic rings. The molecule has 0 radical (unpaired) electrons. The van der Waals surface area contributed by atoms with Gasteiger partial charge in [0.1, 0.15) is 11.9 Å². The van der Waals surface area contributed by atoms with Crippen LogP contribution >= 0.6 is 0 Å². The maximum atomic E-state index is 13.3. The molecular weight excluding hydrogens is 246 g/mol. The third-order valence-electron chi connectivity index (χ3n) is 2.72. The van der Waals surface area contributed by atoms with Crippen LogP contribution in [0.2, 0.25) is 0 Å². The molecule has 1 fully saturated rings. The second kappa shape index (κ2) is 5.26. The Morgan fingerprint density at radius 3 is 2.83 bits per heavy atom. The lowest BCUT2D eigenvalue weighted by Gasteiger charge is -2.23. The van der Waals surface area contributed by atoms with Crippen LogP contribution in [-0.4, -0.2) is 24.1 Å². The molecule has 1 aliphatic rings.